The molecule has 0 radical (unpaired) electrons. The topological polar surface area (TPSA) is 83.8 Å². The van der Waals surface area contributed by atoms with Crippen molar-refractivity contribution in [2.75, 3.05) is 25.0 Å². The predicted molar refractivity (Wildman–Crippen MR) is 126 cm³/mol. The Hall–Kier alpha value is -3.58. The number of nitrogens with one attached hydrogen (secondary N) is 2. The molecule has 0 unspecified atom stereocenters. The number of likely N-dealkylation sites (tertiary alicyclic amines) is 1. The molecular formula is C26H29N3O4. The van der Waals surface area contributed by atoms with Gasteiger partial charge in [0.05, 0.1) is 18.4 Å². The number of carbonyl (C=O) groups is 2. The van der Waals surface area contributed by atoms with E-state index in [4.69, 9.17) is 9.15 Å². The minimum atomic E-state index is -0.537. The number of carbonyl (C=O) groups excluding carboxylic acids is 2. The van der Waals surface area contributed by atoms with E-state index in [1.807, 2.05) is 24.3 Å². The highest BCUT2D eigenvalue weighted by Gasteiger charge is 2.21. The number of rotatable bonds is 9. The zero-order valence-corrected chi connectivity index (χ0v) is 18.5. The number of anilines is 1. The molecule has 172 valence electrons. The maximum absolute atomic E-state index is 12.6. The van der Waals surface area contributed by atoms with E-state index in [9.17, 15) is 9.59 Å². The van der Waals surface area contributed by atoms with Crippen molar-refractivity contribution in [1.82, 2.24) is 10.2 Å². The molecule has 4 rings (SSSR count). The number of furan rings is 1. The molecule has 0 saturated carbocycles. The van der Waals surface area contributed by atoms with E-state index in [0.29, 0.717) is 17.8 Å². The Morgan fingerprint density at radius 1 is 0.970 bits per heavy atom. The lowest BCUT2D eigenvalue weighted by Gasteiger charge is -2.32. The van der Waals surface area contributed by atoms with Crippen LogP contribution in [0.4, 0.5) is 5.69 Å². The third kappa shape index (κ3) is 6.70. The summed E-state index contributed by atoms with van der Waals surface area (Å²) in [6.45, 7) is 2.92. The monoisotopic (exact) mass is 447 g/mol. The van der Waals surface area contributed by atoms with E-state index in [1.54, 1.807) is 24.5 Å². The van der Waals surface area contributed by atoms with Gasteiger partial charge in [-0.05, 0) is 42.7 Å². The SMILES string of the molecule is O=C(COC(=O)c1ccccc1NCc1ccco1)NC1CCN(Cc2ccccc2)CC1. The second-order valence-electron chi connectivity index (χ2n) is 8.16. The van der Waals surface area contributed by atoms with Gasteiger partial charge in [-0.3, -0.25) is 9.69 Å². The zero-order chi connectivity index (χ0) is 22.9. The van der Waals surface area contributed by atoms with Gasteiger partial charge < -0.3 is 19.8 Å². The molecular weight excluding hydrogens is 418 g/mol. The highest BCUT2D eigenvalue weighted by atomic mass is 16.5. The zero-order valence-electron chi connectivity index (χ0n) is 18.5. The van der Waals surface area contributed by atoms with E-state index >= 15 is 0 Å². The predicted octanol–water partition coefficient (Wildman–Crippen LogP) is 3.83. The van der Waals surface area contributed by atoms with Crippen molar-refractivity contribution in [3.8, 4) is 0 Å². The van der Waals surface area contributed by atoms with Gasteiger partial charge in [0.2, 0.25) is 0 Å². The molecule has 7 heteroatoms. The second kappa shape index (κ2) is 11.3. The smallest absolute Gasteiger partial charge is 0.340 e. The number of hydrogen-bond acceptors (Lipinski definition) is 6. The Morgan fingerprint density at radius 3 is 2.48 bits per heavy atom. The van der Waals surface area contributed by atoms with Crippen LogP contribution < -0.4 is 10.6 Å². The summed E-state index contributed by atoms with van der Waals surface area (Å²) in [6.07, 6.45) is 3.36. The fraction of sp³-hybridized carbons (Fsp3) is 0.308. The van der Waals surface area contributed by atoms with Crippen LogP contribution in [0.2, 0.25) is 0 Å². The van der Waals surface area contributed by atoms with Crippen LogP contribution in [0.3, 0.4) is 0 Å². The summed E-state index contributed by atoms with van der Waals surface area (Å²) in [6, 6.07) is 21.2. The van der Waals surface area contributed by atoms with Crippen LogP contribution in [0.25, 0.3) is 0 Å². The summed E-state index contributed by atoms with van der Waals surface area (Å²) in [4.78, 5) is 27.3. The first-order chi connectivity index (χ1) is 16.2. The van der Waals surface area contributed by atoms with Crippen molar-refractivity contribution in [2.24, 2.45) is 0 Å². The van der Waals surface area contributed by atoms with E-state index in [-0.39, 0.29) is 18.6 Å². The van der Waals surface area contributed by atoms with E-state index < -0.39 is 5.97 Å². The van der Waals surface area contributed by atoms with Gasteiger partial charge in [0.25, 0.3) is 5.91 Å². The summed E-state index contributed by atoms with van der Waals surface area (Å²) < 4.78 is 10.6. The molecule has 33 heavy (non-hydrogen) atoms. The van der Waals surface area contributed by atoms with Crippen molar-refractivity contribution in [3.05, 3.63) is 89.9 Å². The van der Waals surface area contributed by atoms with Crippen LogP contribution in [-0.4, -0.2) is 42.5 Å². The van der Waals surface area contributed by atoms with Crippen molar-refractivity contribution < 1.29 is 18.7 Å². The molecule has 1 saturated heterocycles. The molecule has 2 heterocycles. The lowest BCUT2D eigenvalue weighted by atomic mass is 10.0. The van der Waals surface area contributed by atoms with Crippen LogP contribution in [0, 0.1) is 0 Å². The number of hydrogen-bond donors (Lipinski definition) is 2. The molecule has 0 bridgehead atoms. The maximum atomic E-state index is 12.6. The van der Waals surface area contributed by atoms with Gasteiger partial charge in [-0.2, -0.15) is 0 Å². The summed E-state index contributed by atoms with van der Waals surface area (Å²) in [5.74, 6) is -0.0522. The van der Waals surface area contributed by atoms with Gasteiger partial charge in [0.1, 0.15) is 5.76 Å². The highest BCUT2D eigenvalue weighted by Crippen LogP contribution is 2.18. The Bertz CT molecular complexity index is 1030. The molecule has 0 spiro atoms. The highest BCUT2D eigenvalue weighted by molar-refractivity contribution is 5.96. The summed E-state index contributed by atoms with van der Waals surface area (Å²) in [5.41, 5.74) is 2.31. The Labute approximate surface area is 193 Å². The minimum absolute atomic E-state index is 0.102. The van der Waals surface area contributed by atoms with E-state index in [2.05, 4.69) is 39.8 Å². The molecule has 3 aromatic rings. The molecule has 1 aromatic heterocycles. The average molecular weight is 448 g/mol. The fourth-order valence-electron chi connectivity index (χ4n) is 3.97. The average Bonchev–Trinajstić information content (AvgIpc) is 3.37. The van der Waals surface area contributed by atoms with Gasteiger partial charge in [-0.25, -0.2) is 4.79 Å². The number of esters is 1. The van der Waals surface area contributed by atoms with E-state index in [1.165, 1.54) is 5.56 Å². The molecule has 2 aromatic carbocycles. The van der Waals surface area contributed by atoms with Crippen LogP contribution in [0.5, 0.6) is 0 Å². The van der Waals surface area contributed by atoms with Gasteiger partial charge in [0, 0.05) is 31.4 Å². The van der Waals surface area contributed by atoms with Crippen molar-refractivity contribution in [2.45, 2.75) is 32.0 Å². The first-order valence-electron chi connectivity index (χ1n) is 11.3. The fourth-order valence-corrected chi connectivity index (χ4v) is 3.97. The molecule has 0 atom stereocenters. The van der Waals surface area contributed by atoms with Crippen LogP contribution in [0.15, 0.2) is 77.4 Å². The normalized spacial score (nSPS) is 14.5. The minimum Gasteiger partial charge on any atom is -0.467 e. The number of amides is 1. The second-order valence-corrected chi connectivity index (χ2v) is 8.16. The largest absolute Gasteiger partial charge is 0.467 e. The number of benzene rings is 2. The van der Waals surface area contributed by atoms with Gasteiger partial charge in [-0.15, -0.1) is 0 Å². The number of nitrogens with zero attached hydrogens (tertiary/aromatic N) is 1. The molecule has 7 nitrogen and oxygen atoms in total. The Balaban J connectivity index is 1.20. The van der Waals surface area contributed by atoms with E-state index in [0.717, 1.165) is 38.2 Å². The first-order valence-corrected chi connectivity index (χ1v) is 11.3. The lowest BCUT2D eigenvalue weighted by molar-refractivity contribution is -0.125. The molecule has 1 aliphatic heterocycles. The molecule has 1 fully saturated rings. The lowest BCUT2D eigenvalue weighted by Crippen LogP contribution is -2.45. The maximum Gasteiger partial charge on any atom is 0.340 e. The van der Waals surface area contributed by atoms with Crippen LogP contribution in [0.1, 0.15) is 34.5 Å². The summed E-state index contributed by atoms with van der Waals surface area (Å²) >= 11 is 0. The summed E-state index contributed by atoms with van der Waals surface area (Å²) in [5, 5.41) is 6.17. The molecule has 1 amide bonds. The molecule has 2 N–H and O–H groups in total. The van der Waals surface area contributed by atoms with Gasteiger partial charge in [0.15, 0.2) is 6.61 Å². The molecule has 1 aliphatic rings. The quantitative estimate of drug-likeness (QED) is 0.485. The van der Waals surface area contributed by atoms with Crippen LogP contribution in [-0.2, 0) is 22.6 Å². The van der Waals surface area contributed by atoms with Crippen molar-refractivity contribution in [3.63, 3.8) is 0 Å². The van der Waals surface area contributed by atoms with Gasteiger partial charge in [-0.1, -0.05) is 42.5 Å². The number of para-hydroxylation sites is 1. The van der Waals surface area contributed by atoms with Crippen molar-refractivity contribution >= 4 is 17.6 Å². The number of piperidine rings is 1. The Kier molecular flexibility index (Phi) is 7.76. The first kappa shape index (κ1) is 22.6. The van der Waals surface area contributed by atoms with Gasteiger partial charge >= 0.3 is 5.97 Å². The molecule has 0 aliphatic carbocycles. The van der Waals surface area contributed by atoms with Crippen molar-refractivity contribution in [1.29, 1.82) is 0 Å². The number of ether oxygens (including phenoxy) is 1. The van der Waals surface area contributed by atoms with Crippen LogP contribution >= 0.6 is 0 Å². The Morgan fingerprint density at radius 2 is 1.73 bits per heavy atom. The third-order valence-electron chi connectivity index (χ3n) is 5.72. The standard InChI is InChI=1S/C26H29N3O4/c30-25(28-21-12-14-29(15-13-21)18-20-7-2-1-3-8-20)19-33-26(31)23-10-4-5-11-24(23)27-17-22-9-6-16-32-22/h1-11,16,21,27H,12-15,17-19H2,(H,28,30). The summed E-state index contributed by atoms with van der Waals surface area (Å²) in [7, 11) is 0. The third-order valence-corrected chi connectivity index (χ3v) is 5.72.